The van der Waals surface area contributed by atoms with Gasteiger partial charge in [-0.1, -0.05) is 36.4 Å². The van der Waals surface area contributed by atoms with Gasteiger partial charge in [0, 0.05) is 17.1 Å². The lowest BCUT2D eigenvalue weighted by Gasteiger charge is -2.08. The highest BCUT2D eigenvalue weighted by Gasteiger charge is 2.14. The highest BCUT2D eigenvalue weighted by Crippen LogP contribution is 2.23. The van der Waals surface area contributed by atoms with Crippen LogP contribution in [0.4, 0.5) is 0 Å². The van der Waals surface area contributed by atoms with Crippen molar-refractivity contribution >= 4 is 27.6 Å². The van der Waals surface area contributed by atoms with E-state index in [1.807, 2.05) is 13.8 Å². The van der Waals surface area contributed by atoms with Crippen LogP contribution in [0.2, 0.25) is 5.02 Å². The lowest BCUT2D eigenvalue weighted by atomic mass is 10.1. The standard InChI is InChI=1S/C20H20ClNO5S/c1-3-10-22-28(25,26)18-8-4-14(2)15(12-18)5-6-16-11-17(21)7-9-19(16)27-13-20(23)24/h4,7-9,11-12,22H,3,10,13H2,1-2H3,(H,23,24). The minimum atomic E-state index is -3.61. The molecule has 2 rings (SSSR count). The van der Waals surface area contributed by atoms with E-state index in [-0.39, 0.29) is 10.6 Å². The predicted octanol–water partition coefficient (Wildman–Crippen LogP) is 3.20. The second kappa shape index (κ2) is 9.60. The summed E-state index contributed by atoms with van der Waals surface area (Å²) in [5.41, 5.74) is 1.74. The lowest BCUT2D eigenvalue weighted by Crippen LogP contribution is -2.24. The zero-order valence-corrected chi connectivity index (χ0v) is 17.0. The quantitative estimate of drug-likeness (QED) is 0.670. The largest absolute Gasteiger partial charge is 0.481 e. The van der Waals surface area contributed by atoms with Crippen LogP contribution in [0, 0.1) is 18.8 Å². The molecule has 0 bridgehead atoms. The Bertz CT molecular complexity index is 1040. The maximum absolute atomic E-state index is 12.3. The van der Waals surface area contributed by atoms with E-state index in [0.717, 1.165) is 5.56 Å². The van der Waals surface area contributed by atoms with Crippen molar-refractivity contribution in [3.05, 3.63) is 58.1 Å². The van der Waals surface area contributed by atoms with E-state index >= 15 is 0 Å². The Hall–Kier alpha value is -2.53. The summed E-state index contributed by atoms with van der Waals surface area (Å²) in [6.07, 6.45) is 0.686. The van der Waals surface area contributed by atoms with Crippen molar-refractivity contribution in [1.82, 2.24) is 4.72 Å². The number of carbonyl (C=O) groups is 1. The van der Waals surface area contributed by atoms with E-state index < -0.39 is 22.6 Å². The van der Waals surface area contributed by atoms with Crippen molar-refractivity contribution in [2.24, 2.45) is 0 Å². The van der Waals surface area contributed by atoms with Crippen molar-refractivity contribution in [3.63, 3.8) is 0 Å². The number of hydrogen-bond donors (Lipinski definition) is 2. The normalized spacial score (nSPS) is 10.8. The molecule has 6 nitrogen and oxygen atoms in total. The Morgan fingerprint density at radius 2 is 1.89 bits per heavy atom. The maximum atomic E-state index is 12.3. The summed E-state index contributed by atoms with van der Waals surface area (Å²) >= 11 is 6.00. The number of halogens is 1. The molecule has 148 valence electrons. The molecule has 2 aromatic rings. The number of aliphatic carboxylic acids is 1. The van der Waals surface area contributed by atoms with Gasteiger partial charge < -0.3 is 9.84 Å². The number of carboxylic acid groups (broad SMARTS) is 1. The molecule has 0 amide bonds. The van der Waals surface area contributed by atoms with E-state index in [2.05, 4.69) is 16.6 Å². The first-order valence-electron chi connectivity index (χ1n) is 8.49. The Kier molecular flexibility index (Phi) is 7.46. The van der Waals surface area contributed by atoms with Crippen LogP contribution in [-0.2, 0) is 14.8 Å². The van der Waals surface area contributed by atoms with Gasteiger partial charge in [0.05, 0.1) is 10.5 Å². The first kappa shape index (κ1) is 21.8. The van der Waals surface area contributed by atoms with Gasteiger partial charge >= 0.3 is 5.97 Å². The fourth-order valence-electron chi connectivity index (χ4n) is 2.22. The molecule has 0 aromatic heterocycles. The molecule has 0 heterocycles. The first-order valence-corrected chi connectivity index (χ1v) is 10.4. The van der Waals surface area contributed by atoms with Crippen LogP contribution >= 0.6 is 11.6 Å². The van der Waals surface area contributed by atoms with Gasteiger partial charge in [-0.25, -0.2) is 17.9 Å². The zero-order chi connectivity index (χ0) is 20.7. The molecule has 0 radical (unpaired) electrons. The number of nitrogens with one attached hydrogen (secondary N) is 1. The Morgan fingerprint density at radius 1 is 1.18 bits per heavy atom. The van der Waals surface area contributed by atoms with Gasteiger partial charge in [-0.15, -0.1) is 0 Å². The van der Waals surface area contributed by atoms with Crippen LogP contribution in [-0.4, -0.2) is 32.6 Å². The third-order valence-corrected chi connectivity index (χ3v) is 5.38. The van der Waals surface area contributed by atoms with Crippen molar-refractivity contribution in [1.29, 1.82) is 0 Å². The van der Waals surface area contributed by atoms with Crippen molar-refractivity contribution in [2.75, 3.05) is 13.2 Å². The zero-order valence-electron chi connectivity index (χ0n) is 15.5. The first-order chi connectivity index (χ1) is 13.2. The number of benzene rings is 2. The minimum Gasteiger partial charge on any atom is -0.481 e. The van der Waals surface area contributed by atoms with E-state index in [1.54, 1.807) is 18.2 Å². The number of carboxylic acids is 1. The number of aryl methyl sites for hydroxylation is 1. The summed E-state index contributed by atoms with van der Waals surface area (Å²) in [6.45, 7) is 3.54. The van der Waals surface area contributed by atoms with Gasteiger partial charge in [0.15, 0.2) is 6.61 Å². The summed E-state index contributed by atoms with van der Waals surface area (Å²) in [7, 11) is -3.61. The van der Waals surface area contributed by atoms with Crippen LogP contribution in [0.25, 0.3) is 0 Å². The number of hydrogen-bond acceptors (Lipinski definition) is 4. The third-order valence-electron chi connectivity index (χ3n) is 3.69. The monoisotopic (exact) mass is 421 g/mol. The number of rotatable bonds is 7. The molecule has 0 unspecified atom stereocenters. The molecule has 0 spiro atoms. The smallest absolute Gasteiger partial charge is 0.341 e. The van der Waals surface area contributed by atoms with E-state index in [9.17, 15) is 13.2 Å². The van der Waals surface area contributed by atoms with Crippen molar-refractivity contribution in [3.8, 4) is 17.6 Å². The second-order valence-corrected chi connectivity index (χ2v) is 8.15. The number of sulfonamides is 1. The third kappa shape index (κ3) is 5.99. The van der Waals surface area contributed by atoms with Crippen LogP contribution in [0.1, 0.15) is 30.0 Å². The highest BCUT2D eigenvalue weighted by molar-refractivity contribution is 7.89. The summed E-state index contributed by atoms with van der Waals surface area (Å²) in [4.78, 5) is 10.9. The summed E-state index contributed by atoms with van der Waals surface area (Å²) in [6, 6.07) is 9.39. The van der Waals surface area contributed by atoms with Gasteiger partial charge in [-0.3, -0.25) is 0 Å². The molecule has 8 heteroatoms. The van der Waals surface area contributed by atoms with Gasteiger partial charge in [0.25, 0.3) is 0 Å². The predicted molar refractivity (Wildman–Crippen MR) is 107 cm³/mol. The van der Waals surface area contributed by atoms with Gasteiger partial charge in [-0.05, 0) is 49.2 Å². The van der Waals surface area contributed by atoms with E-state index in [4.69, 9.17) is 21.4 Å². The second-order valence-electron chi connectivity index (χ2n) is 5.95. The lowest BCUT2D eigenvalue weighted by molar-refractivity contribution is -0.139. The average Bonchev–Trinajstić information content (AvgIpc) is 2.64. The minimum absolute atomic E-state index is 0.129. The van der Waals surface area contributed by atoms with Crippen molar-refractivity contribution < 1.29 is 23.1 Å². The number of ether oxygens (including phenoxy) is 1. The molecule has 0 saturated carbocycles. The Morgan fingerprint density at radius 3 is 2.57 bits per heavy atom. The maximum Gasteiger partial charge on any atom is 0.341 e. The molecular weight excluding hydrogens is 402 g/mol. The Labute approximate surface area is 169 Å². The van der Waals surface area contributed by atoms with Crippen LogP contribution in [0.5, 0.6) is 5.75 Å². The molecule has 0 saturated heterocycles. The molecule has 0 aliphatic carbocycles. The van der Waals surface area contributed by atoms with E-state index in [0.29, 0.717) is 29.1 Å². The molecule has 2 aromatic carbocycles. The molecular formula is C20H20ClNO5S. The summed E-state index contributed by atoms with van der Waals surface area (Å²) in [5.74, 6) is 4.99. The fourth-order valence-corrected chi connectivity index (χ4v) is 3.55. The summed E-state index contributed by atoms with van der Waals surface area (Å²) < 4.78 is 32.4. The van der Waals surface area contributed by atoms with Crippen LogP contribution < -0.4 is 9.46 Å². The highest BCUT2D eigenvalue weighted by atomic mass is 35.5. The van der Waals surface area contributed by atoms with Gasteiger partial charge in [0.1, 0.15) is 5.75 Å². The SMILES string of the molecule is CCCNS(=O)(=O)c1ccc(C)c(C#Cc2cc(Cl)ccc2OCC(=O)O)c1. The van der Waals surface area contributed by atoms with E-state index in [1.165, 1.54) is 18.2 Å². The van der Waals surface area contributed by atoms with Gasteiger partial charge in [-0.2, -0.15) is 0 Å². The molecule has 0 aliphatic rings. The van der Waals surface area contributed by atoms with Crippen LogP contribution in [0.3, 0.4) is 0 Å². The molecule has 0 atom stereocenters. The Balaban J connectivity index is 2.40. The van der Waals surface area contributed by atoms with Gasteiger partial charge in [0.2, 0.25) is 10.0 Å². The molecule has 2 N–H and O–H groups in total. The van der Waals surface area contributed by atoms with Crippen LogP contribution in [0.15, 0.2) is 41.3 Å². The average molecular weight is 422 g/mol. The molecule has 0 aliphatic heterocycles. The molecule has 0 fully saturated rings. The molecule has 28 heavy (non-hydrogen) atoms. The van der Waals surface area contributed by atoms with Crippen molar-refractivity contribution in [2.45, 2.75) is 25.2 Å². The summed E-state index contributed by atoms with van der Waals surface area (Å²) in [5, 5.41) is 9.20. The topological polar surface area (TPSA) is 92.7 Å². The fraction of sp³-hybridized carbons (Fsp3) is 0.250.